The first-order valence-corrected chi connectivity index (χ1v) is 11.3. The smallest absolute Gasteiger partial charge is 0.0412 e. The van der Waals surface area contributed by atoms with Gasteiger partial charge in [0.25, 0.3) is 0 Å². The second-order valence-electron chi connectivity index (χ2n) is 7.95. The summed E-state index contributed by atoms with van der Waals surface area (Å²) < 4.78 is 0. The predicted octanol–water partition coefficient (Wildman–Crippen LogP) is 8.93. The van der Waals surface area contributed by atoms with E-state index in [0.29, 0.717) is 0 Å². The lowest BCUT2D eigenvalue weighted by molar-refractivity contribution is 0.289. The Morgan fingerprint density at radius 1 is 0.391 bits per heavy atom. The van der Waals surface area contributed by atoms with Crippen LogP contribution in [0.2, 0.25) is 0 Å². The van der Waals surface area contributed by atoms with E-state index < -0.39 is 0 Å². The van der Waals surface area contributed by atoms with Crippen molar-refractivity contribution in [1.29, 1.82) is 0 Å². The van der Waals surface area contributed by atoms with Gasteiger partial charge in [0.2, 0.25) is 0 Å². The lowest BCUT2D eigenvalue weighted by atomic mass is 9.82. The topological polar surface area (TPSA) is 0 Å². The van der Waals surface area contributed by atoms with Crippen LogP contribution in [0.5, 0.6) is 0 Å². The summed E-state index contributed by atoms with van der Waals surface area (Å²) in [4.78, 5) is 0. The summed E-state index contributed by atoms with van der Waals surface area (Å²) in [7, 11) is 0. The molecule has 0 aromatic heterocycles. The molecule has 0 aliphatic carbocycles. The van der Waals surface area contributed by atoms with Gasteiger partial charge in [0, 0.05) is 0 Å². The monoisotopic (exact) mass is 324 g/mol. The van der Waals surface area contributed by atoms with Gasteiger partial charge in [0.15, 0.2) is 0 Å². The normalized spacial score (nSPS) is 14.1. The second-order valence-corrected chi connectivity index (χ2v) is 7.95. The molecule has 2 unspecified atom stereocenters. The van der Waals surface area contributed by atoms with Gasteiger partial charge in [-0.05, 0) is 18.3 Å². The third-order valence-electron chi connectivity index (χ3n) is 5.51. The van der Waals surface area contributed by atoms with Gasteiger partial charge in [-0.2, -0.15) is 0 Å². The molecule has 0 saturated carbocycles. The Morgan fingerprint density at radius 2 is 0.826 bits per heavy atom. The molecule has 0 amide bonds. The van der Waals surface area contributed by atoms with E-state index in [0.717, 1.165) is 11.8 Å². The van der Waals surface area contributed by atoms with Crippen molar-refractivity contribution in [3.05, 3.63) is 0 Å². The molecule has 0 radical (unpaired) electrons. The molecule has 0 heteroatoms. The fourth-order valence-electron chi connectivity index (χ4n) is 4.03. The van der Waals surface area contributed by atoms with Crippen LogP contribution >= 0.6 is 0 Å². The number of hydrogen-bond acceptors (Lipinski definition) is 0. The minimum absolute atomic E-state index is 1.02. The molecule has 0 heterocycles. The Labute approximate surface area is 149 Å². The largest absolute Gasteiger partial charge is 0.0654 e. The molecule has 0 aliphatic rings. The van der Waals surface area contributed by atoms with Crippen LogP contribution in [0, 0.1) is 11.8 Å². The Balaban J connectivity index is 4.07. The van der Waals surface area contributed by atoms with Crippen molar-refractivity contribution in [2.24, 2.45) is 11.8 Å². The van der Waals surface area contributed by atoms with Gasteiger partial charge in [-0.1, -0.05) is 130 Å². The maximum absolute atomic E-state index is 2.38. The quantitative estimate of drug-likeness (QED) is 0.221. The summed E-state index contributed by atoms with van der Waals surface area (Å²) >= 11 is 0. The van der Waals surface area contributed by atoms with E-state index in [1.807, 2.05) is 0 Å². The molecule has 23 heavy (non-hydrogen) atoms. The van der Waals surface area contributed by atoms with E-state index in [1.54, 1.807) is 0 Å². The van der Waals surface area contributed by atoms with Gasteiger partial charge in [0.1, 0.15) is 0 Å². The zero-order chi connectivity index (χ0) is 17.2. The third kappa shape index (κ3) is 15.3. The second kappa shape index (κ2) is 18.3. The van der Waals surface area contributed by atoms with Gasteiger partial charge in [-0.15, -0.1) is 0 Å². The minimum atomic E-state index is 1.02. The van der Waals surface area contributed by atoms with Gasteiger partial charge in [-0.25, -0.2) is 0 Å². The Bertz CT molecular complexity index is 208. The SMILES string of the molecule is CCCCCCCCC(CCC)CC(CCCC)CCCCC. The molecule has 0 spiro atoms. The Kier molecular flexibility index (Phi) is 18.3. The highest BCUT2D eigenvalue weighted by Crippen LogP contribution is 2.29. The zero-order valence-corrected chi connectivity index (χ0v) is 17.2. The summed E-state index contributed by atoms with van der Waals surface area (Å²) in [5.74, 6) is 2.05. The van der Waals surface area contributed by atoms with Gasteiger partial charge < -0.3 is 0 Å². The van der Waals surface area contributed by atoms with Crippen LogP contribution in [0.15, 0.2) is 0 Å². The van der Waals surface area contributed by atoms with Crippen LogP contribution in [0.25, 0.3) is 0 Å². The zero-order valence-electron chi connectivity index (χ0n) is 17.2. The van der Waals surface area contributed by atoms with Crippen LogP contribution in [-0.4, -0.2) is 0 Å². The van der Waals surface area contributed by atoms with Gasteiger partial charge in [-0.3, -0.25) is 0 Å². The summed E-state index contributed by atoms with van der Waals surface area (Å²) in [6.07, 6.45) is 24.7. The molecule has 0 fully saturated rings. The highest BCUT2D eigenvalue weighted by Gasteiger charge is 2.15. The maximum Gasteiger partial charge on any atom is -0.0412 e. The molecule has 0 bridgehead atoms. The van der Waals surface area contributed by atoms with Crippen molar-refractivity contribution in [1.82, 2.24) is 0 Å². The van der Waals surface area contributed by atoms with E-state index >= 15 is 0 Å². The van der Waals surface area contributed by atoms with Crippen molar-refractivity contribution in [2.45, 2.75) is 137 Å². The lowest BCUT2D eigenvalue weighted by Crippen LogP contribution is -2.10. The molecular weight excluding hydrogens is 276 g/mol. The number of hydrogen-bond donors (Lipinski definition) is 0. The fourth-order valence-corrected chi connectivity index (χ4v) is 4.03. The number of unbranched alkanes of at least 4 members (excludes halogenated alkanes) is 8. The summed E-state index contributed by atoms with van der Waals surface area (Å²) in [5.41, 5.74) is 0. The standard InChI is InChI=1S/C23H48/c1-5-9-12-13-14-16-20-22(17-8-4)21-23(18-11-7-3)19-15-10-6-2/h22-23H,5-21H2,1-4H3. The van der Waals surface area contributed by atoms with Crippen LogP contribution in [0.4, 0.5) is 0 Å². The van der Waals surface area contributed by atoms with Crippen LogP contribution < -0.4 is 0 Å². The molecule has 0 rings (SSSR count). The molecule has 0 nitrogen and oxygen atoms in total. The number of rotatable bonds is 18. The maximum atomic E-state index is 2.38. The summed E-state index contributed by atoms with van der Waals surface area (Å²) in [6, 6.07) is 0. The molecule has 140 valence electrons. The van der Waals surface area contributed by atoms with E-state index in [9.17, 15) is 0 Å². The Hall–Kier alpha value is 0. The van der Waals surface area contributed by atoms with Crippen molar-refractivity contribution in [3.8, 4) is 0 Å². The van der Waals surface area contributed by atoms with Crippen molar-refractivity contribution >= 4 is 0 Å². The minimum Gasteiger partial charge on any atom is -0.0654 e. The lowest BCUT2D eigenvalue weighted by Gasteiger charge is -2.24. The molecule has 0 aromatic rings. The highest BCUT2D eigenvalue weighted by atomic mass is 14.2. The fraction of sp³-hybridized carbons (Fsp3) is 1.00. The van der Waals surface area contributed by atoms with E-state index in [2.05, 4.69) is 27.7 Å². The van der Waals surface area contributed by atoms with E-state index in [4.69, 9.17) is 0 Å². The molecule has 0 N–H and O–H groups in total. The van der Waals surface area contributed by atoms with E-state index in [-0.39, 0.29) is 0 Å². The first-order valence-electron chi connectivity index (χ1n) is 11.3. The molecular formula is C23H48. The van der Waals surface area contributed by atoms with E-state index in [1.165, 1.54) is 109 Å². The highest BCUT2D eigenvalue weighted by molar-refractivity contribution is 4.68. The van der Waals surface area contributed by atoms with Crippen molar-refractivity contribution in [2.75, 3.05) is 0 Å². The molecule has 0 aliphatic heterocycles. The van der Waals surface area contributed by atoms with Crippen molar-refractivity contribution < 1.29 is 0 Å². The first kappa shape index (κ1) is 23.0. The van der Waals surface area contributed by atoms with Crippen LogP contribution in [-0.2, 0) is 0 Å². The summed E-state index contributed by atoms with van der Waals surface area (Å²) in [6.45, 7) is 9.38. The van der Waals surface area contributed by atoms with Gasteiger partial charge >= 0.3 is 0 Å². The third-order valence-corrected chi connectivity index (χ3v) is 5.51. The van der Waals surface area contributed by atoms with Crippen molar-refractivity contribution in [3.63, 3.8) is 0 Å². The average molecular weight is 325 g/mol. The summed E-state index contributed by atoms with van der Waals surface area (Å²) in [5, 5.41) is 0. The average Bonchev–Trinajstić information content (AvgIpc) is 2.55. The first-order chi connectivity index (χ1) is 11.3. The van der Waals surface area contributed by atoms with Crippen LogP contribution in [0.1, 0.15) is 137 Å². The molecule has 0 aromatic carbocycles. The Morgan fingerprint density at radius 3 is 1.43 bits per heavy atom. The van der Waals surface area contributed by atoms with Gasteiger partial charge in [0.05, 0.1) is 0 Å². The predicted molar refractivity (Wildman–Crippen MR) is 108 cm³/mol. The molecule has 2 atom stereocenters. The van der Waals surface area contributed by atoms with Crippen LogP contribution in [0.3, 0.4) is 0 Å². The molecule has 0 saturated heterocycles.